The largest absolute Gasteiger partial charge is 0.375 e. The van der Waals surface area contributed by atoms with Crippen LogP contribution in [0.1, 0.15) is 22.8 Å². The zero-order valence-electron chi connectivity index (χ0n) is 17.7. The fourth-order valence-electron chi connectivity index (χ4n) is 2.51. The molecule has 0 saturated heterocycles. The van der Waals surface area contributed by atoms with Crippen LogP contribution in [-0.4, -0.2) is 82.1 Å². The van der Waals surface area contributed by atoms with E-state index in [1.807, 2.05) is 0 Å². The monoisotopic (exact) mass is 422 g/mol. The smallest absolute Gasteiger partial charge is 0.253 e. The van der Waals surface area contributed by atoms with Gasteiger partial charge in [0, 0.05) is 59.4 Å². The van der Waals surface area contributed by atoms with Gasteiger partial charge in [0.2, 0.25) is 17.7 Å². The molecule has 1 rings (SSSR count). The fraction of sp³-hybridized carbons (Fsp3) is 0.500. The molecule has 3 N–H and O–H groups in total. The van der Waals surface area contributed by atoms with E-state index in [2.05, 4.69) is 16.0 Å². The maximum atomic E-state index is 12.9. The van der Waals surface area contributed by atoms with Gasteiger partial charge in [0.1, 0.15) is 13.2 Å². The minimum atomic E-state index is -0.277. The van der Waals surface area contributed by atoms with E-state index in [-0.39, 0.29) is 63.0 Å². The Morgan fingerprint density at radius 2 is 1.33 bits per heavy atom. The Labute approximate surface area is 176 Å². The van der Waals surface area contributed by atoms with Gasteiger partial charge in [0.15, 0.2) is 0 Å². The molecule has 0 saturated carbocycles. The van der Waals surface area contributed by atoms with E-state index in [1.165, 1.54) is 21.1 Å². The summed E-state index contributed by atoms with van der Waals surface area (Å²) < 4.78 is 9.52. The summed E-state index contributed by atoms with van der Waals surface area (Å²) in [5, 5.41) is 8.04. The highest BCUT2D eigenvalue weighted by atomic mass is 16.5. The van der Waals surface area contributed by atoms with Crippen molar-refractivity contribution in [1.82, 2.24) is 20.9 Å². The zero-order chi connectivity index (χ0) is 22.4. The van der Waals surface area contributed by atoms with Crippen LogP contribution in [0.3, 0.4) is 0 Å². The van der Waals surface area contributed by atoms with Gasteiger partial charge in [-0.05, 0) is 17.7 Å². The molecule has 0 spiro atoms. The highest BCUT2D eigenvalue weighted by Gasteiger charge is 2.16. The predicted molar refractivity (Wildman–Crippen MR) is 110 cm³/mol. The van der Waals surface area contributed by atoms with Crippen LogP contribution in [0.5, 0.6) is 0 Å². The van der Waals surface area contributed by atoms with Crippen molar-refractivity contribution in [3.8, 4) is 0 Å². The van der Waals surface area contributed by atoms with Crippen molar-refractivity contribution in [3.63, 3.8) is 0 Å². The minimum absolute atomic E-state index is 0.0587. The number of nitrogens with zero attached hydrogens (tertiary/aromatic N) is 1. The van der Waals surface area contributed by atoms with Crippen LogP contribution in [0.25, 0.3) is 0 Å². The second kappa shape index (κ2) is 14.1. The molecule has 166 valence electrons. The summed E-state index contributed by atoms with van der Waals surface area (Å²) in [4.78, 5) is 48.6. The number of hydrogen-bond donors (Lipinski definition) is 3. The van der Waals surface area contributed by atoms with Crippen LogP contribution >= 0.6 is 0 Å². The molecule has 0 fully saturated rings. The summed E-state index contributed by atoms with van der Waals surface area (Å²) in [6, 6.07) is 6.89. The molecule has 0 atom stereocenters. The lowest BCUT2D eigenvalue weighted by Gasteiger charge is -2.23. The van der Waals surface area contributed by atoms with Crippen molar-refractivity contribution >= 4 is 23.6 Å². The Bertz CT molecular complexity index is 684. The number of rotatable bonds is 13. The number of methoxy groups -OCH3 is 2. The van der Waals surface area contributed by atoms with Crippen LogP contribution < -0.4 is 16.0 Å². The average Bonchev–Trinajstić information content (AvgIpc) is 2.71. The van der Waals surface area contributed by atoms with Gasteiger partial charge in [-0.15, -0.1) is 0 Å². The molecule has 10 heteroatoms. The van der Waals surface area contributed by atoms with Gasteiger partial charge in [-0.2, -0.15) is 0 Å². The predicted octanol–water partition coefficient (Wildman–Crippen LogP) is -0.710. The van der Waals surface area contributed by atoms with Gasteiger partial charge in [-0.3, -0.25) is 19.2 Å². The highest BCUT2D eigenvalue weighted by molar-refractivity contribution is 5.94. The lowest BCUT2D eigenvalue weighted by Crippen LogP contribution is -2.43. The highest BCUT2D eigenvalue weighted by Crippen LogP contribution is 2.08. The van der Waals surface area contributed by atoms with Crippen molar-refractivity contribution < 1.29 is 28.7 Å². The van der Waals surface area contributed by atoms with Gasteiger partial charge >= 0.3 is 0 Å². The van der Waals surface area contributed by atoms with E-state index in [0.717, 1.165) is 5.56 Å². The molecule has 30 heavy (non-hydrogen) atoms. The Kier molecular flexibility index (Phi) is 11.8. The van der Waals surface area contributed by atoms with E-state index in [1.54, 1.807) is 29.2 Å². The van der Waals surface area contributed by atoms with Crippen molar-refractivity contribution in [2.24, 2.45) is 0 Å². The summed E-state index contributed by atoms with van der Waals surface area (Å²) in [5.41, 5.74) is 1.33. The van der Waals surface area contributed by atoms with Gasteiger partial charge in [-0.25, -0.2) is 0 Å². The second-order valence-electron chi connectivity index (χ2n) is 6.46. The quantitative estimate of drug-likeness (QED) is 0.386. The number of carbonyl (C=O) groups is 4. The van der Waals surface area contributed by atoms with Crippen LogP contribution in [0.4, 0.5) is 0 Å². The number of amides is 4. The SMILES string of the molecule is COCC(=O)NCCN(CCNC(=O)COC)C(=O)c1ccc(CNC(C)=O)cc1. The molecule has 0 aliphatic heterocycles. The standard InChI is InChI=1S/C20H30N4O6/c1-15(25)23-12-16-4-6-17(7-5-16)20(28)24(10-8-21-18(26)13-29-2)11-9-22-19(27)14-30-3/h4-7H,8-14H2,1-3H3,(H,21,26)(H,22,27)(H,23,25). The third kappa shape index (κ3) is 9.99. The fourth-order valence-corrected chi connectivity index (χ4v) is 2.51. The molecule has 0 radical (unpaired) electrons. The number of nitrogens with one attached hydrogen (secondary N) is 3. The molecular weight excluding hydrogens is 392 g/mol. The maximum Gasteiger partial charge on any atom is 0.253 e. The number of ether oxygens (including phenoxy) is 2. The summed E-state index contributed by atoms with van der Waals surface area (Å²) in [5.74, 6) is -0.920. The van der Waals surface area contributed by atoms with E-state index >= 15 is 0 Å². The van der Waals surface area contributed by atoms with E-state index in [9.17, 15) is 19.2 Å². The van der Waals surface area contributed by atoms with Crippen LogP contribution in [0, 0.1) is 0 Å². The van der Waals surface area contributed by atoms with Gasteiger partial charge in [0.05, 0.1) is 0 Å². The van der Waals surface area contributed by atoms with Gasteiger partial charge in [-0.1, -0.05) is 12.1 Å². The Hall–Kier alpha value is -2.98. The summed E-state index contributed by atoms with van der Waals surface area (Å²) >= 11 is 0. The normalized spacial score (nSPS) is 10.2. The molecule has 0 aliphatic carbocycles. The summed E-state index contributed by atoms with van der Waals surface area (Å²) in [7, 11) is 2.85. The number of benzene rings is 1. The first-order valence-corrected chi connectivity index (χ1v) is 9.51. The first kappa shape index (κ1) is 25.1. The molecule has 0 bridgehead atoms. The zero-order valence-corrected chi connectivity index (χ0v) is 17.7. The maximum absolute atomic E-state index is 12.9. The third-order valence-electron chi connectivity index (χ3n) is 3.99. The average molecular weight is 422 g/mol. The summed E-state index contributed by atoms with van der Waals surface area (Å²) in [6.07, 6.45) is 0. The first-order chi connectivity index (χ1) is 14.4. The molecule has 1 aromatic rings. The molecule has 1 aromatic carbocycles. The van der Waals surface area contributed by atoms with Crippen molar-refractivity contribution in [3.05, 3.63) is 35.4 Å². The number of hydrogen-bond acceptors (Lipinski definition) is 6. The lowest BCUT2D eigenvalue weighted by molar-refractivity contribution is -0.125. The molecule has 0 aromatic heterocycles. The van der Waals surface area contributed by atoms with E-state index < -0.39 is 0 Å². The van der Waals surface area contributed by atoms with Crippen molar-refractivity contribution in [1.29, 1.82) is 0 Å². The van der Waals surface area contributed by atoms with Crippen LogP contribution in [-0.2, 0) is 30.4 Å². The Balaban J connectivity index is 2.72. The minimum Gasteiger partial charge on any atom is -0.375 e. The summed E-state index contributed by atoms with van der Waals surface area (Å²) in [6.45, 7) is 2.73. The van der Waals surface area contributed by atoms with Crippen molar-refractivity contribution in [2.45, 2.75) is 13.5 Å². The molecule has 0 heterocycles. The topological polar surface area (TPSA) is 126 Å². The van der Waals surface area contributed by atoms with Gasteiger partial charge in [0.25, 0.3) is 5.91 Å². The molecule has 0 aliphatic rings. The van der Waals surface area contributed by atoms with Crippen molar-refractivity contribution in [2.75, 3.05) is 53.6 Å². The number of carbonyl (C=O) groups excluding carboxylic acids is 4. The van der Waals surface area contributed by atoms with E-state index in [4.69, 9.17) is 9.47 Å². The van der Waals surface area contributed by atoms with Crippen LogP contribution in [0.15, 0.2) is 24.3 Å². The first-order valence-electron chi connectivity index (χ1n) is 9.51. The van der Waals surface area contributed by atoms with Gasteiger partial charge < -0.3 is 30.3 Å². The van der Waals surface area contributed by atoms with Crippen LogP contribution in [0.2, 0.25) is 0 Å². The van der Waals surface area contributed by atoms with E-state index in [0.29, 0.717) is 12.1 Å². The molecule has 0 unspecified atom stereocenters. The molecular formula is C20H30N4O6. The Morgan fingerprint density at radius 1 is 0.833 bits per heavy atom. The Morgan fingerprint density at radius 3 is 1.77 bits per heavy atom. The lowest BCUT2D eigenvalue weighted by atomic mass is 10.1. The third-order valence-corrected chi connectivity index (χ3v) is 3.99. The molecule has 10 nitrogen and oxygen atoms in total. The molecule has 4 amide bonds. The second-order valence-corrected chi connectivity index (χ2v) is 6.46.